The van der Waals surface area contributed by atoms with Crippen LogP contribution in [0.1, 0.15) is 33.1 Å². The predicted octanol–water partition coefficient (Wildman–Crippen LogP) is 1.22. The maximum Gasteiger partial charge on any atom is 0.317 e. The molecule has 2 fully saturated rings. The molecule has 6 heteroatoms. The molecule has 2 N–H and O–H groups in total. The quantitative estimate of drug-likeness (QED) is 0.818. The van der Waals surface area contributed by atoms with Crippen LogP contribution in [0.15, 0.2) is 0 Å². The van der Waals surface area contributed by atoms with E-state index in [-0.39, 0.29) is 18.5 Å². The average Bonchev–Trinajstić information content (AvgIpc) is 2.75. The molecule has 2 saturated heterocycles. The zero-order valence-corrected chi connectivity index (χ0v) is 13.0. The summed E-state index contributed by atoms with van der Waals surface area (Å²) in [6.07, 6.45) is 3.37. The number of carbonyl (C=O) groups excluding carboxylic acids is 1. The van der Waals surface area contributed by atoms with Gasteiger partial charge in [-0.1, -0.05) is 13.8 Å². The van der Waals surface area contributed by atoms with Gasteiger partial charge in [-0.2, -0.15) is 0 Å². The summed E-state index contributed by atoms with van der Waals surface area (Å²) in [4.78, 5) is 27.8. The highest BCUT2D eigenvalue weighted by molar-refractivity contribution is 5.76. The van der Waals surface area contributed by atoms with Crippen LogP contribution in [0.25, 0.3) is 0 Å². The number of nitrogens with zero attached hydrogens (tertiary/aromatic N) is 2. The van der Waals surface area contributed by atoms with Crippen LogP contribution in [0.2, 0.25) is 0 Å². The monoisotopic (exact) mass is 297 g/mol. The van der Waals surface area contributed by atoms with Gasteiger partial charge in [-0.3, -0.25) is 9.69 Å². The number of carboxylic acid groups (broad SMARTS) is 1. The zero-order chi connectivity index (χ0) is 15.4. The Labute approximate surface area is 126 Å². The first-order valence-electron chi connectivity index (χ1n) is 7.98. The molecule has 0 aliphatic carbocycles. The third kappa shape index (κ3) is 4.09. The highest BCUT2D eigenvalue weighted by Crippen LogP contribution is 2.21. The van der Waals surface area contributed by atoms with Gasteiger partial charge in [0, 0.05) is 32.2 Å². The first kappa shape index (κ1) is 16.1. The Balaban J connectivity index is 1.86. The summed E-state index contributed by atoms with van der Waals surface area (Å²) in [5, 5.41) is 12.0. The van der Waals surface area contributed by atoms with Crippen molar-refractivity contribution in [1.82, 2.24) is 15.1 Å². The van der Waals surface area contributed by atoms with E-state index in [4.69, 9.17) is 5.11 Å². The summed E-state index contributed by atoms with van der Waals surface area (Å²) in [5.74, 6) is -1.36. The van der Waals surface area contributed by atoms with E-state index in [2.05, 4.69) is 10.2 Å². The number of fused-ring (bicyclic) bond motifs is 1. The van der Waals surface area contributed by atoms with Crippen LogP contribution in [0.3, 0.4) is 0 Å². The van der Waals surface area contributed by atoms with Gasteiger partial charge in [0.1, 0.15) is 0 Å². The minimum absolute atomic E-state index is 0.0113. The van der Waals surface area contributed by atoms with Crippen LogP contribution in [-0.2, 0) is 4.79 Å². The zero-order valence-electron chi connectivity index (χ0n) is 13.0. The van der Waals surface area contributed by atoms with E-state index in [9.17, 15) is 9.59 Å². The third-order valence-electron chi connectivity index (χ3n) is 4.69. The molecule has 120 valence electrons. The first-order chi connectivity index (χ1) is 9.99. The van der Waals surface area contributed by atoms with Gasteiger partial charge in [0.15, 0.2) is 0 Å². The molecular formula is C15H27N3O3. The van der Waals surface area contributed by atoms with Crippen molar-refractivity contribution in [3.05, 3.63) is 0 Å². The fraction of sp³-hybridized carbons (Fsp3) is 0.867. The van der Waals surface area contributed by atoms with E-state index in [1.165, 1.54) is 6.42 Å². The fourth-order valence-corrected chi connectivity index (χ4v) is 3.31. The van der Waals surface area contributed by atoms with Gasteiger partial charge in [-0.15, -0.1) is 0 Å². The number of rotatable bonds is 4. The van der Waals surface area contributed by atoms with E-state index >= 15 is 0 Å². The second kappa shape index (κ2) is 7.11. The lowest BCUT2D eigenvalue weighted by Crippen LogP contribution is -2.46. The normalized spacial score (nSPS) is 24.5. The maximum atomic E-state index is 12.3. The Bertz CT molecular complexity index is 386. The highest BCUT2D eigenvalue weighted by Gasteiger charge is 2.31. The molecular weight excluding hydrogens is 270 g/mol. The molecule has 2 heterocycles. The van der Waals surface area contributed by atoms with E-state index in [0.29, 0.717) is 6.04 Å². The second-order valence-corrected chi connectivity index (χ2v) is 6.51. The summed E-state index contributed by atoms with van der Waals surface area (Å²) in [6, 6.07) is 0.370. The molecule has 0 aromatic carbocycles. The number of amides is 2. The molecule has 2 aliphatic heterocycles. The molecule has 0 spiro atoms. The van der Waals surface area contributed by atoms with Gasteiger partial charge in [-0.05, 0) is 31.7 Å². The van der Waals surface area contributed by atoms with Crippen molar-refractivity contribution in [3.63, 3.8) is 0 Å². The standard InChI is InChI=1S/C15H27N3O3/c1-11(2)13(14(19)20)9-16-15(21)18-8-4-7-17-6-3-5-12(17)10-18/h11-13H,3-10H2,1-2H3,(H,16,21)(H,19,20). The molecule has 0 saturated carbocycles. The maximum absolute atomic E-state index is 12.3. The van der Waals surface area contributed by atoms with Gasteiger partial charge in [0.05, 0.1) is 5.92 Å². The second-order valence-electron chi connectivity index (χ2n) is 6.51. The van der Waals surface area contributed by atoms with Crippen molar-refractivity contribution in [3.8, 4) is 0 Å². The molecule has 21 heavy (non-hydrogen) atoms. The van der Waals surface area contributed by atoms with Crippen molar-refractivity contribution in [2.75, 3.05) is 32.7 Å². The number of aliphatic carboxylic acids is 1. The van der Waals surface area contributed by atoms with E-state index in [0.717, 1.165) is 39.0 Å². The third-order valence-corrected chi connectivity index (χ3v) is 4.69. The van der Waals surface area contributed by atoms with Crippen LogP contribution in [0.4, 0.5) is 4.79 Å². The average molecular weight is 297 g/mol. The van der Waals surface area contributed by atoms with Gasteiger partial charge in [0.25, 0.3) is 0 Å². The number of nitrogens with one attached hydrogen (secondary N) is 1. The lowest BCUT2D eigenvalue weighted by atomic mass is 9.96. The van der Waals surface area contributed by atoms with Gasteiger partial charge >= 0.3 is 12.0 Å². The summed E-state index contributed by atoms with van der Waals surface area (Å²) < 4.78 is 0. The van der Waals surface area contributed by atoms with E-state index in [1.807, 2.05) is 18.7 Å². The van der Waals surface area contributed by atoms with Crippen LogP contribution in [-0.4, -0.2) is 65.7 Å². The van der Waals surface area contributed by atoms with E-state index in [1.54, 1.807) is 0 Å². The Morgan fingerprint density at radius 3 is 2.62 bits per heavy atom. The Morgan fingerprint density at radius 2 is 1.95 bits per heavy atom. The summed E-state index contributed by atoms with van der Waals surface area (Å²) >= 11 is 0. The minimum Gasteiger partial charge on any atom is -0.481 e. The predicted molar refractivity (Wildman–Crippen MR) is 80.1 cm³/mol. The first-order valence-corrected chi connectivity index (χ1v) is 7.98. The molecule has 2 rings (SSSR count). The Kier molecular flexibility index (Phi) is 5.45. The molecule has 6 nitrogen and oxygen atoms in total. The Hall–Kier alpha value is -1.30. The van der Waals surface area contributed by atoms with E-state index < -0.39 is 11.9 Å². The number of urea groups is 1. The van der Waals surface area contributed by atoms with Crippen LogP contribution in [0, 0.1) is 11.8 Å². The number of carbonyl (C=O) groups is 2. The lowest BCUT2D eigenvalue weighted by molar-refractivity contribution is -0.142. The molecule has 2 atom stereocenters. The van der Waals surface area contributed by atoms with Crippen molar-refractivity contribution in [2.45, 2.75) is 39.2 Å². The van der Waals surface area contributed by atoms with Gasteiger partial charge < -0.3 is 15.3 Å². The van der Waals surface area contributed by atoms with Gasteiger partial charge in [0.2, 0.25) is 0 Å². The van der Waals surface area contributed by atoms with Crippen molar-refractivity contribution >= 4 is 12.0 Å². The van der Waals surface area contributed by atoms with Gasteiger partial charge in [-0.25, -0.2) is 4.79 Å². The molecule has 0 aromatic rings. The Morgan fingerprint density at radius 1 is 1.24 bits per heavy atom. The number of hydrogen-bond donors (Lipinski definition) is 2. The van der Waals surface area contributed by atoms with Crippen LogP contribution >= 0.6 is 0 Å². The molecule has 2 unspecified atom stereocenters. The van der Waals surface area contributed by atoms with Crippen molar-refractivity contribution < 1.29 is 14.7 Å². The minimum atomic E-state index is -0.844. The summed E-state index contributed by atoms with van der Waals surface area (Å²) in [5.41, 5.74) is 0. The molecule has 2 amide bonds. The topological polar surface area (TPSA) is 72.9 Å². The fourth-order valence-electron chi connectivity index (χ4n) is 3.31. The smallest absolute Gasteiger partial charge is 0.317 e. The molecule has 0 radical (unpaired) electrons. The lowest BCUT2D eigenvalue weighted by Gasteiger charge is -2.26. The SMILES string of the molecule is CC(C)C(CNC(=O)N1CCCN2CCCC2C1)C(=O)O. The summed E-state index contributed by atoms with van der Waals surface area (Å²) in [6.45, 7) is 7.69. The van der Waals surface area contributed by atoms with Crippen LogP contribution < -0.4 is 5.32 Å². The highest BCUT2D eigenvalue weighted by atomic mass is 16.4. The van der Waals surface area contributed by atoms with Crippen LogP contribution in [0.5, 0.6) is 0 Å². The summed E-state index contributed by atoms with van der Waals surface area (Å²) in [7, 11) is 0. The molecule has 2 aliphatic rings. The largest absolute Gasteiger partial charge is 0.481 e. The van der Waals surface area contributed by atoms with Crippen molar-refractivity contribution in [1.29, 1.82) is 0 Å². The number of carboxylic acids is 1. The molecule has 0 bridgehead atoms. The molecule has 0 aromatic heterocycles. The number of hydrogen-bond acceptors (Lipinski definition) is 3. The van der Waals surface area contributed by atoms with Crippen molar-refractivity contribution in [2.24, 2.45) is 11.8 Å².